The van der Waals surface area contributed by atoms with Gasteiger partial charge in [-0.25, -0.2) is 4.98 Å². The van der Waals surface area contributed by atoms with Crippen LogP contribution in [-0.2, 0) is 0 Å². The fourth-order valence-electron chi connectivity index (χ4n) is 2.01. The number of nitrogens with zero attached hydrogens (tertiary/aromatic N) is 3. The second-order valence-corrected chi connectivity index (χ2v) is 5.15. The van der Waals surface area contributed by atoms with Gasteiger partial charge >= 0.3 is 0 Å². The standard InChI is InChI=1S/C16H14ClN5O/c1-18-16-21-12(11-4-2-3-7-19-11)9-15(22-16)20-13-8-10(17)5-6-14(13)23/h2-9,23H,1H3,(H2,18,20,21,22). The summed E-state index contributed by atoms with van der Waals surface area (Å²) in [6.45, 7) is 0. The normalized spacial score (nSPS) is 10.3. The highest BCUT2D eigenvalue weighted by Gasteiger charge is 2.09. The SMILES string of the molecule is CNc1nc(Nc2cc(Cl)ccc2O)cc(-c2ccccn2)n1. The number of pyridine rings is 1. The molecule has 116 valence electrons. The van der Waals surface area contributed by atoms with Crippen molar-refractivity contribution in [2.24, 2.45) is 0 Å². The quantitative estimate of drug-likeness (QED) is 0.634. The van der Waals surface area contributed by atoms with Crippen LogP contribution in [0.2, 0.25) is 5.02 Å². The molecule has 0 radical (unpaired) electrons. The fraction of sp³-hybridized carbons (Fsp3) is 0.0625. The Morgan fingerprint density at radius 1 is 1.04 bits per heavy atom. The van der Waals surface area contributed by atoms with Gasteiger partial charge in [0.05, 0.1) is 17.1 Å². The van der Waals surface area contributed by atoms with Crippen LogP contribution < -0.4 is 10.6 Å². The van der Waals surface area contributed by atoms with Crippen LogP contribution in [0.1, 0.15) is 0 Å². The predicted octanol–water partition coefficient (Wildman–Crippen LogP) is 3.68. The van der Waals surface area contributed by atoms with Crippen LogP contribution in [0.15, 0.2) is 48.7 Å². The Balaban J connectivity index is 2.00. The molecule has 3 N–H and O–H groups in total. The summed E-state index contributed by atoms with van der Waals surface area (Å²) < 4.78 is 0. The predicted molar refractivity (Wildman–Crippen MR) is 91.2 cm³/mol. The van der Waals surface area contributed by atoms with Crippen LogP contribution in [0.25, 0.3) is 11.4 Å². The first-order valence-electron chi connectivity index (χ1n) is 6.89. The summed E-state index contributed by atoms with van der Waals surface area (Å²) in [4.78, 5) is 13.0. The largest absolute Gasteiger partial charge is 0.506 e. The second-order valence-electron chi connectivity index (χ2n) is 4.71. The first-order chi connectivity index (χ1) is 11.2. The van der Waals surface area contributed by atoms with Gasteiger partial charge in [-0.1, -0.05) is 17.7 Å². The molecular formula is C16H14ClN5O. The molecule has 0 unspecified atom stereocenters. The van der Waals surface area contributed by atoms with Crippen molar-refractivity contribution in [3.63, 3.8) is 0 Å². The van der Waals surface area contributed by atoms with Gasteiger partial charge in [-0.3, -0.25) is 4.98 Å². The highest BCUT2D eigenvalue weighted by molar-refractivity contribution is 6.30. The summed E-state index contributed by atoms with van der Waals surface area (Å²) >= 11 is 5.96. The molecule has 0 amide bonds. The van der Waals surface area contributed by atoms with Gasteiger partial charge in [0.1, 0.15) is 11.6 Å². The summed E-state index contributed by atoms with van der Waals surface area (Å²) in [5.74, 6) is 1.04. The minimum absolute atomic E-state index is 0.0819. The van der Waals surface area contributed by atoms with Crippen LogP contribution in [-0.4, -0.2) is 27.1 Å². The second kappa shape index (κ2) is 6.50. The van der Waals surface area contributed by atoms with Gasteiger partial charge in [0.15, 0.2) is 0 Å². The molecule has 3 aromatic rings. The molecular weight excluding hydrogens is 314 g/mol. The lowest BCUT2D eigenvalue weighted by Gasteiger charge is -2.11. The molecule has 0 saturated carbocycles. The van der Waals surface area contributed by atoms with Crippen molar-refractivity contribution in [3.8, 4) is 17.1 Å². The van der Waals surface area contributed by atoms with E-state index < -0.39 is 0 Å². The third-order valence-corrected chi connectivity index (χ3v) is 3.33. The van der Waals surface area contributed by atoms with Crippen LogP contribution in [0.4, 0.5) is 17.5 Å². The van der Waals surface area contributed by atoms with Gasteiger partial charge < -0.3 is 15.7 Å². The number of rotatable bonds is 4. The molecule has 0 fully saturated rings. The van der Waals surface area contributed by atoms with Crippen LogP contribution >= 0.6 is 11.6 Å². The number of hydrogen-bond donors (Lipinski definition) is 3. The molecule has 0 spiro atoms. The average Bonchev–Trinajstić information content (AvgIpc) is 2.58. The maximum absolute atomic E-state index is 9.92. The highest BCUT2D eigenvalue weighted by Crippen LogP contribution is 2.30. The Kier molecular flexibility index (Phi) is 4.25. The van der Waals surface area contributed by atoms with E-state index in [-0.39, 0.29) is 5.75 Å². The van der Waals surface area contributed by atoms with E-state index in [0.29, 0.717) is 28.2 Å². The molecule has 0 aliphatic heterocycles. The zero-order valence-corrected chi connectivity index (χ0v) is 13.0. The molecule has 2 heterocycles. The molecule has 0 aliphatic carbocycles. The lowest BCUT2D eigenvalue weighted by molar-refractivity contribution is 0.477. The van der Waals surface area contributed by atoms with E-state index >= 15 is 0 Å². The van der Waals surface area contributed by atoms with E-state index in [1.54, 1.807) is 31.4 Å². The van der Waals surface area contributed by atoms with Crippen molar-refractivity contribution in [1.82, 2.24) is 15.0 Å². The number of anilines is 3. The van der Waals surface area contributed by atoms with Gasteiger partial charge in [-0.15, -0.1) is 0 Å². The molecule has 0 bridgehead atoms. The van der Waals surface area contributed by atoms with E-state index in [1.807, 2.05) is 18.2 Å². The van der Waals surface area contributed by atoms with E-state index in [9.17, 15) is 5.11 Å². The van der Waals surface area contributed by atoms with Gasteiger partial charge in [0, 0.05) is 24.3 Å². The molecule has 0 saturated heterocycles. The Bertz CT molecular complexity index is 826. The summed E-state index contributed by atoms with van der Waals surface area (Å²) in [7, 11) is 1.73. The van der Waals surface area contributed by atoms with Crippen LogP contribution in [0.3, 0.4) is 0 Å². The number of nitrogens with one attached hydrogen (secondary N) is 2. The van der Waals surface area contributed by atoms with Crippen molar-refractivity contribution in [1.29, 1.82) is 0 Å². The number of aromatic nitrogens is 3. The van der Waals surface area contributed by atoms with Crippen molar-refractivity contribution >= 4 is 29.1 Å². The smallest absolute Gasteiger partial charge is 0.225 e. The Hall–Kier alpha value is -2.86. The minimum atomic E-state index is 0.0819. The maximum atomic E-state index is 9.92. The monoisotopic (exact) mass is 327 g/mol. The van der Waals surface area contributed by atoms with E-state index in [4.69, 9.17) is 11.6 Å². The maximum Gasteiger partial charge on any atom is 0.225 e. The first-order valence-corrected chi connectivity index (χ1v) is 7.27. The lowest BCUT2D eigenvalue weighted by atomic mass is 10.2. The third kappa shape index (κ3) is 3.49. The zero-order chi connectivity index (χ0) is 16.2. The van der Waals surface area contributed by atoms with Crippen molar-refractivity contribution in [2.45, 2.75) is 0 Å². The van der Waals surface area contributed by atoms with Crippen molar-refractivity contribution < 1.29 is 5.11 Å². The Morgan fingerprint density at radius 2 is 1.91 bits per heavy atom. The number of phenols is 1. The van der Waals surface area contributed by atoms with Gasteiger partial charge in [-0.2, -0.15) is 4.98 Å². The molecule has 3 rings (SSSR count). The van der Waals surface area contributed by atoms with Crippen molar-refractivity contribution in [3.05, 3.63) is 53.7 Å². The van der Waals surface area contributed by atoms with Gasteiger partial charge in [0.25, 0.3) is 0 Å². The number of aromatic hydroxyl groups is 1. The molecule has 23 heavy (non-hydrogen) atoms. The Labute approximate surface area is 138 Å². The van der Waals surface area contributed by atoms with E-state index in [0.717, 1.165) is 5.69 Å². The molecule has 6 nitrogen and oxygen atoms in total. The van der Waals surface area contributed by atoms with E-state index in [1.165, 1.54) is 6.07 Å². The minimum Gasteiger partial charge on any atom is -0.506 e. The lowest BCUT2D eigenvalue weighted by Crippen LogP contribution is -2.02. The van der Waals surface area contributed by atoms with Crippen molar-refractivity contribution in [2.75, 3.05) is 17.7 Å². The Morgan fingerprint density at radius 3 is 2.65 bits per heavy atom. The average molecular weight is 328 g/mol. The van der Waals surface area contributed by atoms with Crippen LogP contribution in [0, 0.1) is 0 Å². The molecule has 1 aromatic carbocycles. The molecule has 2 aromatic heterocycles. The van der Waals surface area contributed by atoms with E-state index in [2.05, 4.69) is 25.6 Å². The topological polar surface area (TPSA) is 83.0 Å². The highest BCUT2D eigenvalue weighted by atomic mass is 35.5. The van der Waals surface area contributed by atoms with Crippen LogP contribution in [0.5, 0.6) is 5.75 Å². The first kappa shape index (κ1) is 15.1. The number of hydrogen-bond acceptors (Lipinski definition) is 6. The molecule has 0 atom stereocenters. The number of phenolic OH excluding ortho intramolecular Hbond substituents is 1. The summed E-state index contributed by atoms with van der Waals surface area (Å²) in [6, 6.07) is 12.1. The van der Waals surface area contributed by atoms with Gasteiger partial charge in [-0.05, 0) is 30.3 Å². The molecule has 7 heteroatoms. The summed E-state index contributed by atoms with van der Waals surface area (Å²) in [5.41, 5.74) is 1.85. The summed E-state index contributed by atoms with van der Waals surface area (Å²) in [5, 5.41) is 16.4. The number of halogens is 1. The number of benzene rings is 1. The zero-order valence-electron chi connectivity index (χ0n) is 12.3. The summed E-state index contributed by atoms with van der Waals surface area (Å²) in [6.07, 6.45) is 1.70. The van der Waals surface area contributed by atoms with Gasteiger partial charge in [0.2, 0.25) is 5.95 Å². The molecule has 0 aliphatic rings. The third-order valence-electron chi connectivity index (χ3n) is 3.10. The fourth-order valence-corrected chi connectivity index (χ4v) is 2.19.